The van der Waals surface area contributed by atoms with Gasteiger partial charge in [0.05, 0.1) is 0 Å². The van der Waals surface area contributed by atoms with Crippen LogP contribution in [-0.2, 0) is 4.79 Å². The van der Waals surface area contributed by atoms with Crippen LogP contribution in [-0.4, -0.2) is 15.5 Å². The average Bonchev–Trinajstić information content (AvgIpc) is 2.50. The zero-order valence-electron chi connectivity index (χ0n) is 14.5. The predicted molar refractivity (Wildman–Crippen MR) is 105 cm³/mol. The molecule has 0 aliphatic carbocycles. The molecule has 0 atom stereocenters. The van der Waals surface area contributed by atoms with Crippen LogP contribution in [0.2, 0.25) is 0 Å². The van der Waals surface area contributed by atoms with Gasteiger partial charge in [-0.2, -0.15) is 0 Å². The van der Waals surface area contributed by atoms with Crippen molar-refractivity contribution in [2.24, 2.45) is 0 Å². The molecule has 0 amide bonds. The first-order valence-corrected chi connectivity index (χ1v) is 11.1. The van der Waals surface area contributed by atoms with Gasteiger partial charge in [0.15, 0.2) is 0 Å². The Hall–Kier alpha value is 0.200. The van der Waals surface area contributed by atoms with Crippen molar-refractivity contribution in [2.45, 2.75) is 109 Å². The van der Waals surface area contributed by atoms with Gasteiger partial charge in [0, 0.05) is 6.42 Å². The molecule has 0 bridgehead atoms. The van der Waals surface area contributed by atoms with Gasteiger partial charge in [0.25, 0.3) is 0 Å². The highest BCUT2D eigenvalue weighted by molar-refractivity contribution is 14.1. The van der Waals surface area contributed by atoms with E-state index < -0.39 is 5.97 Å². The summed E-state index contributed by atoms with van der Waals surface area (Å²) in [7, 11) is 0. The monoisotopic (exact) mass is 424 g/mol. The van der Waals surface area contributed by atoms with Crippen LogP contribution in [0.15, 0.2) is 0 Å². The van der Waals surface area contributed by atoms with Crippen LogP contribution in [0.1, 0.15) is 109 Å². The quantitative estimate of drug-likeness (QED) is 0.144. The largest absolute Gasteiger partial charge is 0.481 e. The predicted octanol–water partition coefficient (Wildman–Crippen LogP) is 7.14. The van der Waals surface area contributed by atoms with E-state index in [1.165, 1.54) is 94.3 Å². The Balaban J connectivity index is 2.95. The second-order valence-electron chi connectivity index (χ2n) is 6.49. The SMILES string of the molecule is O=C(O)CCCCCCCCCCCCCCCCCCI. The van der Waals surface area contributed by atoms with Crippen LogP contribution in [0.4, 0.5) is 0 Å². The van der Waals surface area contributed by atoms with Crippen molar-refractivity contribution < 1.29 is 9.90 Å². The Morgan fingerprint density at radius 3 is 1.09 bits per heavy atom. The van der Waals surface area contributed by atoms with Crippen LogP contribution < -0.4 is 0 Å². The lowest BCUT2D eigenvalue weighted by molar-refractivity contribution is -0.137. The zero-order chi connectivity index (χ0) is 16.3. The molecule has 22 heavy (non-hydrogen) atoms. The molecule has 0 heterocycles. The standard InChI is InChI=1S/C19H37IO2/c20-18-16-14-12-10-8-6-4-2-1-3-5-7-9-11-13-15-17-19(21)22/h1-18H2,(H,21,22). The van der Waals surface area contributed by atoms with Crippen molar-refractivity contribution in [3.05, 3.63) is 0 Å². The van der Waals surface area contributed by atoms with E-state index in [1.54, 1.807) is 0 Å². The molecular formula is C19H37IO2. The van der Waals surface area contributed by atoms with E-state index in [2.05, 4.69) is 22.6 Å². The summed E-state index contributed by atoms with van der Waals surface area (Å²) < 4.78 is 1.32. The summed E-state index contributed by atoms with van der Waals surface area (Å²) in [4.78, 5) is 10.4. The van der Waals surface area contributed by atoms with Crippen molar-refractivity contribution in [3.8, 4) is 0 Å². The van der Waals surface area contributed by atoms with Crippen molar-refractivity contribution in [3.63, 3.8) is 0 Å². The number of carboxylic acids is 1. The highest BCUT2D eigenvalue weighted by Crippen LogP contribution is 2.14. The molecule has 0 saturated heterocycles. The van der Waals surface area contributed by atoms with Crippen LogP contribution >= 0.6 is 22.6 Å². The van der Waals surface area contributed by atoms with Gasteiger partial charge in [0.2, 0.25) is 0 Å². The van der Waals surface area contributed by atoms with Gasteiger partial charge in [0.1, 0.15) is 0 Å². The molecule has 0 fully saturated rings. The number of carbonyl (C=O) groups is 1. The number of aliphatic carboxylic acids is 1. The highest BCUT2D eigenvalue weighted by Gasteiger charge is 1.97. The van der Waals surface area contributed by atoms with Gasteiger partial charge in [-0.25, -0.2) is 0 Å². The van der Waals surface area contributed by atoms with E-state index in [-0.39, 0.29) is 0 Å². The van der Waals surface area contributed by atoms with Gasteiger partial charge in [-0.1, -0.05) is 112 Å². The maximum atomic E-state index is 10.4. The lowest BCUT2D eigenvalue weighted by Gasteiger charge is -2.03. The third-order valence-electron chi connectivity index (χ3n) is 4.27. The summed E-state index contributed by atoms with van der Waals surface area (Å²) in [6.45, 7) is 0. The number of carboxylic acid groups (broad SMARTS) is 1. The third-order valence-corrected chi connectivity index (χ3v) is 5.04. The number of rotatable bonds is 18. The van der Waals surface area contributed by atoms with Gasteiger partial charge >= 0.3 is 5.97 Å². The van der Waals surface area contributed by atoms with Crippen molar-refractivity contribution in [2.75, 3.05) is 4.43 Å². The smallest absolute Gasteiger partial charge is 0.303 e. The summed E-state index contributed by atoms with van der Waals surface area (Å²) >= 11 is 2.47. The molecule has 0 unspecified atom stereocenters. The van der Waals surface area contributed by atoms with E-state index in [1.807, 2.05) is 0 Å². The Kier molecular flexibility index (Phi) is 19.4. The minimum atomic E-state index is -0.652. The van der Waals surface area contributed by atoms with E-state index in [0.29, 0.717) is 6.42 Å². The topological polar surface area (TPSA) is 37.3 Å². The van der Waals surface area contributed by atoms with E-state index >= 15 is 0 Å². The Labute approximate surface area is 152 Å². The first kappa shape index (κ1) is 22.2. The lowest BCUT2D eigenvalue weighted by atomic mass is 10.0. The van der Waals surface area contributed by atoms with Crippen LogP contribution in [0, 0.1) is 0 Å². The van der Waals surface area contributed by atoms with Gasteiger partial charge < -0.3 is 5.11 Å². The Bertz CT molecular complexity index is 231. The normalized spacial score (nSPS) is 11.0. The summed E-state index contributed by atoms with van der Waals surface area (Å²) in [5, 5.41) is 8.54. The molecule has 0 aromatic rings. The van der Waals surface area contributed by atoms with E-state index in [9.17, 15) is 4.79 Å². The number of hydrogen-bond acceptors (Lipinski definition) is 1. The zero-order valence-corrected chi connectivity index (χ0v) is 16.6. The summed E-state index contributed by atoms with van der Waals surface area (Å²) in [6, 6.07) is 0. The molecule has 0 aromatic heterocycles. The van der Waals surface area contributed by atoms with Crippen LogP contribution in [0.25, 0.3) is 0 Å². The van der Waals surface area contributed by atoms with Gasteiger partial charge in [-0.15, -0.1) is 0 Å². The minimum Gasteiger partial charge on any atom is -0.481 e. The first-order valence-electron chi connectivity index (χ1n) is 9.55. The van der Waals surface area contributed by atoms with Crippen molar-refractivity contribution in [1.82, 2.24) is 0 Å². The fourth-order valence-corrected chi connectivity index (χ4v) is 3.38. The summed E-state index contributed by atoms with van der Waals surface area (Å²) in [5.74, 6) is -0.652. The molecule has 0 aliphatic heterocycles. The number of halogens is 1. The van der Waals surface area contributed by atoms with E-state index in [4.69, 9.17) is 5.11 Å². The average molecular weight is 424 g/mol. The van der Waals surface area contributed by atoms with Crippen molar-refractivity contribution >= 4 is 28.6 Å². The molecule has 132 valence electrons. The van der Waals surface area contributed by atoms with Crippen LogP contribution in [0.3, 0.4) is 0 Å². The summed E-state index contributed by atoms with van der Waals surface area (Å²) in [5.41, 5.74) is 0. The fraction of sp³-hybridized carbons (Fsp3) is 0.947. The van der Waals surface area contributed by atoms with Gasteiger partial charge in [-0.3, -0.25) is 4.79 Å². The lowest BCUT2D eigenvalue weighted by Crippen LogP contribution is -1.93. The van der Waals surface area contributed by atoms with Gasteiger partial charge in [-0.05, 0) is 17.3 Å². The Morgan fingerprint density at radius 1 is 0.545 bits per heavy atom. The first-order chi connectivity index (χ1) is 10.8. The van der Waals surface area contributed by atoms with Crippen molar-refractivity contribution in [1.29, 1.82) is 0 Å². The maximum absolute atomic E-state index is 10.4. The highest BCUT2D eigenvalue weighted by atomic mass is 127. The van der Waals surface area contributed by atoms with E-state index in [0.717, 1.165) is 12.8 Å². The minimum absolute atomic E-state index is 0.346. The molecule has 2 nitrogen and oxygen atoms in total. The number of unbranched alkanes of at least 4 members (excludes halogenated alkanes) is 15. The molecule has 0 aliphatic rings. The van der Waals surface area contributed by atoms with Crippen LogP contribution in [0.5, 0.6) is 0 Å². The Morgan fingerprint density at radius 2 is 0.818 bits per heavy atom. The fourth-order valence-electron chi connectivity index (χ4n) is 2.85. The molecular weight excluding hydrogens is 387 g/mol. The molecule has 0 radical (unpaired) electrons. The number of alkyl halides is 1. The molecule has 0 saturated carbocycles. The molecule has 0 aromatic carbocycles. The molecule has 0 rings (SSSR count). The summed E-state index contributed by atoms with van der Waals surface area (Å²) in [6.07, 6.45) is 21.8. The second-order valence-corrected chi connectivity index (χ2v) is 7.57. The second kappa shape index (κ2) is 19.2. The molecule has 1 N–H and O–H groups in total. The molecule has 0 spiro atoms. The number of hydrogen-bond donors (Lipinski definition) is 1. The molecule has 3 heteroatoms. The maximum Gasteiger partial charge on any atom is 0.303 e. The third kappa shape index (κ3) is 20.2.